The van der Waals surface area contributed by atoms with E-state index in [4.69, 9.17) is 0 Å². The van der Waals surface area contributed by atoms with E-state index in [2.05, 4.69) is 238 Å². The molecule has 0 radical (unpaired) electrons. The fourth-order valence-electron chi connectivity index (χ4n) is 18.4. The van der Waals surface area contributed by atoms with E-state index in [1.807, 2.05) is 0 Å². The highest BCUT2D eigenvalue weighted by Crippen LogP contribution is 2.62. The minimum Gasteiger partial charge on any atom is -0.311 e. The maximum absolute atomic E-state index is 2.89. The van der Waals surface area contributed by atoms with Crippen LogP contribution in [0.15, 0.2) is 78.9 Å². The molecule has 0 amide bonds. The number of rotatable bonds is 1. The van der Waals surface area contributed by atoms with Crippen molar-refractivity contribution in [2.24, 2.45) is 0 Å². The molecule has 0 saturated heterocycles. The van der Waals surface area contributed by atoms with Crippen molar-refractivity contribution < 1.29 is 0 Å². The van der Waals surface area contributed by atoms with Gasteiger partial charge in [-0.25, -0.2) is 0 Å². The molecule has 6 aromatic carbocycles. The molecule has 4 bridgehead atoms. The van der Waals surface area contributed by atoms with Crippen LogP contribution in [0.5, 0.6) is 0 Å². The summed E-state index contributed by atoms with van der Waals surface area (Å²) in [5, 5.41) is 1.43. The molecule has 424 valence electrons. The smallest absolute Gasteiger partial charge is 0.264 e. The third kappa shape index (κ3) is 7.06. The number of benzene rings is 6. The SMILES string of the molecule is Cc1cc2c3c(c1)N(c1ccc4c(c1)C(C)(C)CCC4(C)C)c1c(sc4cc5c(cc14)C(C)(C)CCC5(C)C)B3c1cc3c4cc1N2c1cc2c(cc1-c1cc(cc5c1C(C)(C)CCC5(C)C)C4(C)CCC3(C)C)C(C)(C)CCC2(C)C. The standard InChI is InChI=1S/C78H93BN2S/c1-44-33-62-66-63(34-44)81-60-41-55-52(71(6,7)25-27-73(55,10)11)38-47(60)48-35-45(36-58-65(48)77(18,19)30-29-76(58,16)17)78(20)32-31-75(14,15)54-40-59(61(81)42-57(54)78)79(66)68-67(49-39-53-56(43-64(49)82-68)74(12,13)28-26-72(53,8)9)80(62)46-21-22-50-51(37-46)70(4,5)24-23-69(50,2)3/h21-22,33-43H,23-32H2,1-20H3. The first-order valence-electron chi connectivity index (χ1n) is 32.2. The van der Waals surface area contributed by atoms with Crippen molar-refractivity contribution >= 4 is 78.0 Å². The lowest BCUT2D eigenvalue weighted by atomic mass is 9.35. The van der Waals surface area contributed by atoms with Crippen molar-refractivity contribution in [3.05, 3.63) is 146 Å². The third-order valence-corrected chi connectivity index (χ3v) is 25.8. The zero-order valence-electron chi connectivity index (χ0n) is 54.0. The highest BCUT2D eigenvalue weighted by Gasteiger charge is 2.53. The third-order valence-electron chi connectivity index (χ3n) is 24.6. The molecule has 1 atom stereocenters. The minimum atomic E-state index is -0.183. The van der Waals surface area contributed by atoms with Gasteiger partial charge >= 0.3 is 0 Å². The zero-order chi connectivity index (χ0) is 58.1. The summed E-state index contributed by atoms with van der Waals surface area (Å²) in [7, 11) is 0. The van der Waals surface area contributed by atoms with Gasteiger partial charge in [0.2, 0.25) is 0 Å². The van der Waals surface area contributed by atoms with E-state index in [9.17, 15) is 0 Å². The number of hydrogen-bond donors (Lipinski definition) is 0. The molecule has 5 aliphatic carbocycles. The molecule has 4 heterocycles. The van der Waals surface area contributed by atoms with Gasteiger partial charge in [0.25, 0.3) is 6.71 Å². The number of hydrogen-bond acceptors (Lipinski definition) is 3. The number of nitrogens with zero attached hydrogens (tertiary/aromatic N) is 2. The van der Waals surface area contributed by atoms with Crippen LogP contribution in [-0.4, -0.2) is 6.71 Å². The summed E-state index contributed by atoms with van der Waals surface area (Å²) in [6, 6.07) is 35.0. The van der Waals surface area contributed by atoms with Gasteiger partial charge in [-0.05, 0) is 264 Å². The first-order valence-corrected chi connectivity index (χ1v) is 33.0. The Morgan fingerprint density at radius 3 is 1.46 bits per heavy atom. The van der Waals surface area contributed by atoms with Crippen molar-refractivity contribution in [2.75, 3.05) is 9.80 Å². The van der Waals surface area contributed by atoms with Crippen LogP contribution in [0.2, 0.25) is 0 Å². The number of aryl methyl sites for hydroxylation is 1. The minimum absolute atomic E-state index is 0.000755. The summed E-state index contributed by atoms with van der Waals surface area (Å²) in [4.78, 5) is 5.70. The van der Waals surface area contributed by atoms with Crippen LogP contribution in [0.25, 0.3) is 21.2 Å². The largest absolute Gasteiger partial charge is 0.311 e. The molecule has 1 aromatic heterocycles. The Kier molecular flexibility index (Phi) is 10.5. The van der Waals surface area contributed by atoms with Gasteiger partial charge in [-0.3, -0.25) is 0 Å². The van der Waals surface area contributed by atoms with Gasteiger partial charge in [-0.15, -0.1) is 11.3 Å². The predicted octanol–water partition coefficient (Wildman–Crippen LogP) is 20.0. The van der Waals surface area contributed by atoms with Gasteiger partial charge in [0.05, 0.1) is 11.4 Å². The van der Waals surface area contributed by atoms with E-state index >= 15 is 0 Å². The van der Waals surface area contributed by atoms with Crippen LogP contribution in [0.3, 0.4) is 0 Å². The quantitative estimate of drug-likeness (QED) is 0.151. The second kappa shape index (κ2) is 16.1. The van der Waals surface area contributed by atoms with Crippen molar-refractivity contribution in [1.29, 1.82) is 0 Å². The van der Waals surface area contributed by atoms with Gasteiger partial charge in [-0.1, -0.05) is 150 Å². The Morgan fingerprint density at radius 2 is 0.854 bits per heavy atom. The van der Waals surface area contributed by atoms with E-state index in [1.165, 1.54) is 156 Å². The fraction of sp³-hybridized carbons (Fsp3) is 0.513. The second-order valence-electron chi connectivity index (χ2n) is 34.4. The maximum atomic E-state index is 2.89. The van der Waals surface area contributed by atoms with Gasteiger partial charge in [0.1, 0.15) is 0 Å². The summed E-state index contributed by atoms with van der Waals surface area (Å²) in [6.45, 7) is 50.7. The van der Waals surface area contributed by atoms with Crippen molar-refractivity contribution in [3.63, 3.8) is 0 Å². The van der Waals surface area contributed by atoms with Crippen LogP contribution in [0, 0.1) is 6.92 Å². The highest BCUT2D eigenvalue weighted by molar-refractivity contribution is 7.33. The van der Waals surface area contributed by atoms with Crippen molar-refractivity contribution in [2.45, 2.75) is 257 Å². The van der Waals surface area contributed by atoms with E-state index in [-0.39, 0.29) is 60.9 Å². The molecule has 2 nitrogen and oxygen atoms in total. The Bertz CT molecular complexity index is 4030. The van der Waals surface area contributed by atoms with Crippen LogP contribution >= 0.6 is 11.3 Å². The molecule has 0 spiro atoms. The summed E-state index contributed by atoms with van der Waals surface area (Å²) in [6.07, 6.45) is 11.8. The first kappa shape index (κ1) is 53.7. The zero-order valence-corrected chi connectivity index (χ0v) is 54.8. The van der Waals surface area contributed by atoms with Gasteiger partial charge < -0.3 is 9.80 Å². The number of thiophene rings is 1. The Balaban J connectivity index is 1.13. The first-order chi connectivity index (χ1) is 38.1. The molecular weight excluding hydrogens is 1010 g/mol. The predicted molar refractivity (Wildman–Crippen MR) is 356 cm³/mol. The van der Waals surface area contributed by atoms with E-state index in [0.29, 0.717) is 0 Å². The Morgan fingerprint density at radius 1 is 0.378 bits per heavy atom. The summed E-state index contributed by atoms with van der Waals surface area (Å²) >= 11 is 2.12. The monoisotopic (exact) mass is 1100 g/mol. The molecular formula is C78H93BN2S. The second-order valence-corrected chi connectivity index (χ2v) is 35.4. The lowest BCUT2D eigenvalue weighted by Crippen LogP contribution is -2.61. The van der Waals surface area contributed by atoms with Gasteiger partial charge in [0.15, 0.2) is 0 Å². The number of anilines is 6. The lowest BCUT2D eigenvalue weighted by Gasteiger charge is -2.51. The molecule has 1 unspecified atom stereocenters. The molecule has 82 heavy (non-hydrogen) atoms. The average molecular weight is 1100 g/mol. The molecule has 0 saturated carbocycles. The normalized spacial score (nSPS) is 24.7. The van der Waals surface area contributed by atoms with Crippen molar-refractivity contribution in [3.8, 4) is 11.1 Å². The summed E-state index contributed by atoms with van der Waals surface area (Å²) < 4.78 is 2.94. The topological polar surface area (TPSA) is 6.48 Å². The lowest BCUT2D eigenvalue weighted by molar-refractivity contribution is 0.328. The Hall–Kier alpha value is -5.06. The molecule has 15 rings (SSSR count). The molecule has 0 fully saturated rings. The molecule has 7 aromatic rings. The fourth-order valence-corrected chi connectivity index (χ4v) is 19.8. The van der Waals surface area contributed by atoms with E-state index < -0.39 is 0 Å². The van der Waals surface area contributed by atoms with Crippen LogP contribution in [-0.2, 0) is 54.1 Å². The van der Waals surface area contributed by atoms with E-state index in [0.717, 1.165) is 12.8 Å². The van der Waals surface area contributed by atoms with Crippen LogP contribution in [0.4, 0.5) is 34.1 Å². The molecule has 3 aliphatic heterocycles. The van der Waals surface area contributed by atoms with Crippen LogP contribution < -0.4 is 25.5 Å². The van der Waals surface area contributed by atoms with Crippen LogP contribution in [0.1, 0.15) is 263 Å². The molecule has 8 aliphatic rings. The number of fused-ring (bicyclic) bond motifs is 17. The average Bonchev–Trinajstić information content (AvgIpc) is 2.15. The van der Waals surface area contributed by atoms with Crippen molar-refractivity contribution in [1.82, 2.24) is 0 Å². The Labute approximate surface area is 498 Å². The maximum Gasteiger partial charge on any atom is 0.264 e. The molecule has 4 heteroatoms. The summed E-state index contributed by atoms with van der Waals surface area (Å²) in [5.41, 5.74) is 32.6. The highest BCUT2D eigenvalue weighted by atomic mass is 32.1. The van der Waals surface area contributed by atoms with E-state index in [1.54, 1.807) is 33.4 Å². The van der Waals surface area contributed by atoms with Gasteiger partial charge in [-0.2, -0.15) is 0 Å². The van der Waals surface area contributed by atoms with Gasteiger partial charge in [0, 0.05) is 48.6 Å². The summed E-state index contributed by atoms with van der Waals surface area (Å²) in [5.74, 6) is 0. The molecule has 0 N–H and O–H groups in total.